The second kappa shape index (κ2) is 10.3. The molecule has 3 rings (SSSR count). The Kier molecular flexibility index (Phi) is 7.82. The molecule has 0 bridgehead atoms. The van der Waals surface area contributed by atoms with Gasteiger partial charge in [-0.1, -0.05) is 12.1 Å². The minimum absolute atomic E-state index is 0.106. The summed E-state index contributed by atoms with van der Waals surface area (Å²) in [6, 6.07) is 7.96. The molecule has 0 saturated carbocycles. The topological polar surface area (TPSA) is 105 Å². The van der Waals surface area contributed by atoms with Crippen molar-refractivity contribution in [2.24, 2.45) is 0 Å². The van der Waals surface area contributed by atoms with E-state index in [4.69, 9.17) is 9.47 Å². The van der Waals surface area contributed by atoms with Crippen molar-refractivity contribution < 1.29 is 24.2 Å². The van der Waals surface area contributed by atoms with Crippen LogP contribution in [0.25, 0.3) is 11.3 Å². The van der Waals surface area contributed by atoms with E-state index in [-0.39, 0.29) is 16.8 Å². The fraction of sp³-hybridized carbons (Fsp3) is 0.500. The number of anilines is 2. The standard InChI is InChI=1S/C24H31BrN4O5/c1-23(2,3)34-19(30)14-24(4,5)29(22(31)32)21-20(25)27-18(15-26-21)16-7-6-8-17(13-16)28-9-11-33-12-10-28/h6-8,13,15H,9-12,14H2,1-5H3,(H,31,32). The van der Waals surface area contributed by atoms with Crippen molar-refractivity contribution in [2.45, 2.75) is 52.2 Å². The van der Waals surface area contributed by atoms with Crippen LogP contribution in [0.3, 0.4) is 0 Å². The van der Waals surface area contributed by atoms with E-state index in [0.717, 1.165) is 29.2 Å². The first-order chi connectivity index (χ1) is 15.9. The van der Waals surface area contributed by atoms with Gasteiger partial charge in [-0.25, -0.2) is 14.8 Å². The van der Waals surface area contributed by atoms with Crippen molar-refractivity contribution in [3.05, 3.63) is 35.1 Å². The summed E-state index contributed by atoms with van der Waals surface area (Å²) in [6.45, 7) is 11.6. The summed E-state index contributed by atoms with van der Waals surface area (Å²) in [5, 5.41) is 9.97. The molecule has 1 aliphatic rings. The van der Waals surface area contributed by atoms with Gasteiger partial charge in [-0.3, -0.25) is 9.69 Å². The van der Waals surface area contributed by atoms with Crippen molar-refractivity contribution in [2.75, 3.05) is 36.1 Å². The Morgan fingerprint density at radius 2 is 1.88 bits per heavy atom. The fourth-order valence-electron chi connectivity index (χ4n) is 3.78. The summed E-state index contributed by atoms with van der Waals surface area (Å²) in [4.78, 5) is 36.9. The molecule has 9 nitrogen and oxygen atoms in total. The Balaban J connectivity index is 1.87. The molecule has 2 heterocycles. The molecule has 1 aromatic carbocycles. The molecule has 1 aliphatic heterocycles. The predicted octanol–water partition coefficient (Wildman–Crippen LogP) is 4.74. The Hall–Kier alpha value is -2.72. The van der Waals surface area contributed by atoms with Crippen LogP contribution in [0.1, 0.15) is 41.0 Å². The van der Waals surface area contributed by atoms with E-state index in [0.29, 0.717) is 18.9 Å². The number of carbonyl (C=O) groups excluding carboxylic acids is 1. The van der Waals surface area contributed by atoms with E-state index in [2.05, 4.69) is 30.8 Å². The van der Waals surface area contributed by atoms with Crippen molar-refractivity contribution >= 4 is 39.5 Å². The highest BCUT2D eigenvalue weighted by Crippen LogP contribution is 2.33. The molecular formula is C24H31BrN4O5. The summed E-state index contributed by atoms with van der Waals surface area (Å²) < 4.78 is 11.1. The Labute approximate surface area is 208 Å². The van der Waals surface area contributed by atoms with Crippen LogP contribution < -0.4 is 9.80 Å². The number of rotatable bonds is 6. The maximum absolute atomic E-state index is 12.4. The average Bonchev–Trinajstić information content (AvgIpc) is 2.73. The number of hydrogen-bond acceptors (Lipinski definition) is 7. The van der Waals surface area contributed by atoms with Crippen molar-refractivity contribution in [3.63, 3.8) is 0 Å². The van der Waals surface area contributed by atoms with Crippen molar-refractivity contribution in [1.82, 2.24) is 9.97 Å². The van der Waals surface area contributed by atoms with Gasteiger partial charge in [-0.15, -0.1) is 0 Å². The number of esters is 1. The maximum Gasteiger partial charge on any atom is 0.413 e. The van der Waals surface area contributed by atoms with E-state index >= 15 is 0 Å². The Morgan fingerprint density at radius 3 is 2.47 bits per heavy atom. The summed E-state index contributed by atoms with van der Waals surface area (Å²) in [5.41, 5.74) is 0.732. The first-order valence-electron chi connectivity index (χ1n) is 11.1. The van der Waals surface area contributed by atoms with Gasteiger partial charge in [0.2, 0.25) is 0 Å². The Morgan fingerprint density at radius 1 is 1.21 bits per heavy atom. The lowest BCUT2D eigenvalue weighted by molar-refractivity contribution is -0.155. The molecule has 0 unspecified atom stereocenters. The number of halogens is 1. The van der Waals surface area contributed by atoms with E-state index in [1.807, 2.05) is 24.3 Å². The average molecular weight is 535 g/mol. The van der Waals surface area contributed by atoms with Gasteiger partial charge in [-0.05, 0) is 62.7 Å². The predicted molar refractivity (Wildman–Crippen MR) is 133 cm³/mol. The molecule has 0 radical (unpaired) electrons. The number of ether oxygens (including phenoxy) is 2. The number of carboxylic acid groups (broad SMARTS) is 1. The first-order valence-corrected chi connectivity index (χ1v) is 11.9. The van der Waals surface area contributed by atoms with Gasteiger partial charge in [0.1, 0.15) is 10.2 Å². The number of morpholine rings is 1. The lowest BCUT2D eigenvalue weighted by Gasteiger charge is -2.35. The molecule has 2 aromatic rings. The van der Waals surface area contributed by atoms with Crippen LogP contribution in [0, 0.1) is 0 Å². The van der Waals surface area contributed by atoms with Crippen molar-refractivity contribution in [3.8, 4) is 11.3 Å². The van der Waals surface area contributed by atoms with Gasteiger partial charge in [-0.2, -0.15) is 0 Å². The summed E-state index contributed by atoms with van der Waals surface area (Å²) >= 11 is 3.39. The van der Waals surface area contributed by atoms with Crippen LogP contribution in [0.4, 0.5) is 16.3 Å². The van der Waals surface area contributed by atoms with Crippen LogP contribution in [-0.4, -0.2) is 64.6 Å². The van der Waals surface area contributed by atoms with Gasteiger partial charge in [0.15, 0.2) is 5.82 Å². The molecule has 1 aromatic heterocycles. The number of amides is 1. The van der Waals surface area contributed by atoms with E-state index in [1.54, 1.807) is 34.6 Å². The summed E-state index contributed by atoms with van der Waals surface area (Å²) in [5.74, 6) is -0.390. The third-order valence-electron chi connectivity index (χ3n) is 5.24. The highest BCUT2D eigenvalue weighted by Gasteiger charge is 2.38. The number of benzene rings is 1. The zero-order chi connectivity index (χ0) is 25.1. The third kappa shape index (κ3) is 6.44. The molecule has 10 heteroatoms. The second-order valence-electron chi connectivity index (χ2n) is 9.71. The summed E-state index contributed by atoms with van der Waals surface area (Å²) in [6.07, 6.45) is 0.150. The smallest absolute Gasteiger partial charge is 0.413 e. The molecule has 1 amide bonds. The minimum atomic E-state index is -1.24. The lowest BCUT2D eigenvalue weighted by atomic mass is 9.98. The lowest BCUT2D eigenvalue weighted by Crippen LogP contribution is -2.50. The quantitative estimate of drug-likeness (QED) is 0.529. The number of carbonyl (C=O) groups is 2. The van der Waals surface area contributed by atoms with Gasteiger partial charge >= 0.3 is 12.1 Å². The van der Waals surface area contributed by atoms with E-state index in [1.165, 1.54) is 6.20 Å². The monoisotopic (exact) mass is 534 g/mol. The minimum Gasteiger partial charge on any atom is -0.465 e. The van der Waals surface area contributed by atoms with Gasteiger partial charge in [0.25, 0.3) is 0 Å². The first kappa shape index (κ1) is 25.9. The zero-order valence-electron chi connectivity index (χ0n) is 20.2. The van der Waals surface area contributed by atoms with Crippen LogP contribution in [-0.2, 0) is 14.3 Å². The number of hydrogen-bond donors (Lipinski definition) is 1. The second-order valence-corrected chi connectivity index (χ2v) is 10.5. The highest BCUT2D eigenvalue weighted by molar-refractivity contribution is 9.10. The largest absolute Gasteiger partial charge is 0.465 e. The van der Waals surface area contributed by atoms with Crippen LogP contribution in [0.5, 0.6) is 0 Å². The Bertz CT molecular complexity index is 1050. The van der Waals surface area contributed by atoms with Gasteiger partial charge in [0, 0.05) is 24.3 Å². The number of aromatic nitrogens is 2. The highest BCUT2D eigenvalue weighted by atomic mass is 79.9. The molecule has 1 saturated heterocycles. The van der Waals surface area contributed by atoms with Crippen LogP contribution in [0.15, 0.2) is 35.1 Å². The van der Waals surface area contributed by atoms with Crippen LogP contribution in [0.2, 0.25) is 0 Å². The van der Waals surface area contributed by atoms with E-state index < -0.39 is 23.2 Å². The summed E-state index contributed by atoms with van der Waals surface area (Å²) in [7, 11) is 0. The van der Waals surface area contributed by atoms with Crippen LogP contribution >= 0.6 is 15.9 Å². The van der Waals surface area contributed by atoms with Gasteiger partial charge < -0.3 is 19.5 Å². The van der Waals surface area contributed by atoms with E-state index in [9.17, 15) is 14.7 Å². The van der Waals surface area contributed by atoms with Gasteiger partial charge in [0.05, 0.1) is 37.1 Å². The molecule has 0 aliphatic carbocycles. The maximum atomic E-state index is 12.4. The molecule has 0 atom stereocenters. The zero-order valence-corrected chi connectivity index (χ0v) is 21.8. The fourth-order valence-corrected chi connectivity index (χ4v) is 4.25. The SMILES string of the molecule is CC(C)(C)OC(=O)CC(C)(C)N(C(=O)O)c1ncc(-c2cccc(N3CCOCC3)c2)nc1Br. The molecule has 1 fully saturated rings. The van der Waals surface area contributed by atoms with Crippen molar-refractivity contribution in [1.29, 1.82) is 0 Å². The molecular weight excluding hydrogens is 504 g/mol. The number of nitrogens with zero attached hydrogens (tertiary/aromatic N) is 4. The molecule has 0 spiro atoms. The normalized spacial score (nSPS) is 14.6. The molecule has 184 valence electrons. The molecule has 34 heavy (non-hydrogen) atoms. The third-order valence-corrected chi connectivity index (χ3v) is 5.77. The molecule has 1 N–H and O–H groups in total.